The number of aliphatic hydroxyl groups excluding tert-OH is 1. The van der Waals surface area contributed by atoms with Crippen LogP contribution in [0.25, 0.3) is 11.5 Å². The van der Waals surface area contributed by atoms with E-state index in [9.17, 15) is 9.90 Å². The summed E-state index contributed by atoms with van der Waals surface area (Å²) in [6, 6.07) is 8.43. The fourth-order valence-corrected chi connectivity index (χ4v) is 2.38. The molecular formula is C14H10N2O3S. The highest BCUT2D eigenvalue weighted by Crippen LogP contribution is 2.25. The first-order valence-electron chi connectivity index (χ1n) is 5.87. The van der Waals surface area contributed by atoms with E-state index in [4.69, 9.17) is 4.42 Å². The number of hydrogen-bond donors (Lipinski definition) is 1. The van der Waals surface area contributed by atoms with Gasteiger partial charge >= 0.3 is 0 Å². The van der Waals surface area contributed by atoms with Crippen molar-refractivity contribution in [3.05, 3.63) is 58.1 Å². The average molecular weight is 286 g/mol. The lowest BCUT2D eigenvalue weighted by molar-refractivity contribution is 0.112. The van der Waals surface area contributed by atoms with Gasteiger partial charge in [0.05, 0.1) is 0 Å². The predicted octanol–water partition coefficient (Wildman–Crippen LogP) is 2.69. The highest BCUT2D eigenvalue weighted by Gasteiger charge is 2.18. The zero-order valence-corrected chi connectivity index (χ0v) is 11.1. The first kappa shape index (κ1) is 12.7. The van der Waals surface area contributed by atoms with Gasteiger partial charge in [-0.3, -0.25) is 4.79 Å². The number of carbonyl (C=O) groups is 1. The van der Waals surface area contributed by atoms with Crippen molar-refractivity contribution < 1.29 is 14.3 Å². The van der Waals surface area contributed by atoms with Crippen LogP contribution >= 0.6 is 11.3 Å². The third-order valence-corrected chi connectivity index (χ3v) is 3.51. The second-order valence-electron chi connectivity index (χ2n) is 4.14. The van der Waals surface area contributed by atoms with E-state index in [0.717, 1.165) is 11.8 Å². The molecule has 5 nitrogen and oxygen atoms in total. The Hall–Kier alpha value is -2.31. The molecule has 0 radical (unpaired) electrons. The van der Waals surface area contributed by atoms with Crippen molar-refractivity contribution in [2.45, 2.75) is 6.10 Å². The van der Waals surface area contributed by atoms with E-state index in [0.29, 0.717) is 17.0 Å². The monoisotopic (exact) mass is 286 g/mol. The molecule has 0 saturated carbocycles. The van der Waals surface area contributed by atoms with Crippen molar-refractivity contribution in [2.24, 2.45) is 0 Å². The van der Waals surface area contributed by atoms with Gasteiger partial charge in [0.25, 0.3) is 0 Å². The van der Waals surface area contributed by atoms with Gasteiger partial charge < -0.3 is 9.52 Å². The fraction of sp³-hybridized carbons (Fsp3) is 0.0714. The van der Waals surface area contributed by atoms with E-state index in [-0.39, 0.29) is 5.89 Å². The number of aromatic nitrogens is 2. The Kier molecular flexibility index (Phi) is 3.41. The number of benzene rings is 1. The van der Waals surface area contributed by atoms with Crippen LogP contribution in [0, 0.1) is 0 Å². The molecule has 0 saturated heterocycles. The van der Waals surface area contributed by atoms with Gasteiger partial charge in [0, 0.05) is 16.5 Å². The Labute approximate surface area is 118 Å². The van der Waals surface area contributed by atoms with Gasteiger partial charge in [0.15, 0.2) is 6.10 Å². The van der Waals surface area contributed by atoms with E-state index >= 15 is 0 Å². The quantitative estimate of drug-likeness (QED) is 0.746. The van der Waals surface area contributed by atoms with E-state index in [1.807, 2.05) is 16.8 Å². The maximum absolute atomic E-state index is 10.6. The Morgan fingerprint density at radius 2 is 2.00 bits per heavy atom. The van der Waals surface area contributed by atoms with Gasteiger partial charge in [0.1, 0.15) is 6.29 Å². The third kappa shape index (κ3) is 2.38. The lowest BCUT2D eigenvalue weighted by atomic mass is 10.1. The summed E-state index contributed by atoms with van der Waals surface area (Å²) in [4.78, 5) is 10.6. The molecule has 0 aliphatic rings. The molecule has 0 bridgehead atoms. The minimum Gasteiger partial charge on any atom is -0.417 e. The Morgan fingerprint density at radius 3 is 2.65 bits per heavy atom. The molecule has 1 aromatic carbocycles. The van der Waals surface area contributed by atoms with Gasteiger partial charge in [-0.05, 0) is 17.0 Å². The molecule has 1 N–H and O–H groups in total. The van der Waals surface area contributed by atoms with Crippen LogP contribution in [0.15, 0.2) is 45.5 Å². The molecule has 3 rings (SSSR count). The van der Waals surface area contributed by atoms with E-state index < -0.39 is 6.10 Å². The molecule has 0 aliphatic heterocycles. The van der Waals surface area contributed by atoms with Crippen LogP contribution in [0.2, 0.25) is 0 Å². The van der Waals surface area contributed by atoms with Gasteiger partial charge in [-0.15, -0.1) is 10.2 Å². The Balaban J connectivity index is 1.86. The molecule has 20 heavy (non-hydrogen) atoms. The summed E-state index contributed by atoms with van der Waals surface area (Å²) < 4.78 is 5.47. The number of rotatable bonds is 4. The summed E-state index contributed by atoms with van der Waals surface area (Å²) in [5, 5.41) is 21.8. The minimum atomic E-state index is -1.00. The second kappa shape index (κ2) is 5.36. The molecule has 100 valence electrons. The molecule has 0 spiro atoms. The van der Waals surface area contributed by atoms with E-state index in [1.165, 1.54) is 11.3 Å². The third-order valence-electron chi connectivity index (χ3n) is 2.83. The number of thiophene rings is 1. The largest absolute Gasteiger partial charge is 0.417 e. The van der Waals surface area contributed by atoms with Crippen LogP contribution in [0.1, 0.15) is 27.9 Å². The van der Waals surface area contributed by atoms with Gasteiger partial charge in [-0.25, -0.2) is 0 Å². The Bertz CT molecular complexity index is 704. The van der Waals surface area contributed by atoms with E-state index in [2.05, 4.69) is 10.2 Å². The molecule has 2 aromatic heterocycles. The van der Waals surface area contributed by atoms with Crippen molar-refractivity contribution in [3.63, 3.8) is 0 Å². The van der Waals surface area contributed by atoms with Crippen molar-refractivity contribution in [3.8, 4) is 11.5 Å². The number of hydrogen-bond acceptors (Lipinski definition) is 6. The average Bonchev–Trinajstić information content (AvgIpc) is 3.17. The molecule has 0 fully saturated rings. The summed E-state index contributed by atoms with van der Waals surface area (Å²) in [7, 11) is 0. The highest BCUT2D eigenvalue weighted by atomic mass is 32.1. The minimum absolute atomic E-state index is 0.130. The Morgan fingerprint density at radius 1 is 1.20 bits per heavy atom. The van der Waals surface area contributed by atoms with E-state index in [1.54, 1.807) is 24.3 Å². The molecule has 0 aliphatic carbocycles. The van der Waals surface area contributed by atoms with Crippen molar-refractivity contribution >= 4 is 17.6 Å². The zero-order valence-electron chi connectivity index (χ0n) is 10.3. The molecule has 1 unspecified atom stereocenters. The summed E-state index contributed by atoms with van der Waals surface area (Å²) >= 11 is 1.53. The SMILES string of the molecule is O=Cc1ccc(C(O)c2nnc(-c3ccsc3)o2)cc1. The topological polar surface area (TPSA) is 76.2 Å². The molecule has 6 heteroatoms. The van der Waals surface area contributed by atoms with Crippen LogP contribution < -0.4 is 0 Å². The number of aliphatic hydroxyl groups is 1. The summed E-state index contributed by atoms with van der Waals surface area (Å²) in [6.07, 6.45) is -0.257. The van der Waals surface area contributed by atoms with Crippen LogP contribution in [0.5, 0.6) is 0 Å². The maximum atomic E-state index is 10.6. The fourth-order valence-electron chi connectivity index (χ4n) is 1.75. The maximum Gasteiger partial charge on any atom is 0.249 e. The van der Waals surface area contributed by atoms with Crippen molar-refractivity contribution in [2.75, 3.05) is 0 Å². The van der Waals surface area contributed by atoms with Crippen LogP contribution in [-0.4, -0.2) is 21.6 Å². The number of carbonyl (C=O) groups excluding carboxylic acids is 1. The molecular weight excluding hydrogens is 276 g/mol. The number of nitrogens with zero attached hydrogens (tertiary/aromatic N) is 2. The summed E-state index contributed by atoms with van der Waals surface area (Å²) in [5.74, 6) is 0.509. The van der Waals surface area contributed by atoms with Crippen molar-refractivity contribution in [1.29, 1.82) is 0 Å². The van der Waals surface area contributed by atoms with Crippen molar-refractivity contribution in [1.82, 2.24) is 10.2 Å². The molecule has 0 amide bonds. The smallest absolute Gasteiger partial charge is 0.249 e. The lowest BCUT2D eigenvalue weighted by Crippen LogP contribution is -2.00. The standard InChI is InChI=1S/C14H10N2O3S/c17-7-9-1-3-10(4-2-9)12(18)14-16-15-13(19-14)11-5-6-20-8-11/h1-8,12,18H. The molecule has 2 heterocycles. The lowest BCUT2D eigenvalue weighted by Gasteiger charge is -2.05. The van der Waals surface area contributed by atoms with Crippen LogP contribution in [0.4, 0.5) is 0 Å². The summed E-state index contributed by atoms with van der Waals surface area (Å²) in [5.41, 5.74) is 1.97. The predicted molar refractivity (Wildman–Crippen MR) is 73.5 cm³/mol. The van der Waals surface area contributed by atoms with Gasteiger partial charge in [-0.2, -0.15) is 11.3 Å². The molecule has 3 aromatic rings. The zero-order chi connectivity index (χ0) is 13.9. The summed E-state index contributed by atoms with van der Waals surface area (Å²) in [6.45, 7) is 0. The normalized spacial score (nSPS) is 12.2. The first-order valence-corrected chi connectivity index (χ1v) is 6.81. The van der Waals surface area contributed by atoms with Crippen LogP contribution in [-0.2, 0) is 0 Å². The van der Waals surface area contributed by atoms with Crippen LogP contribution in [0.3, 0.4) is 0 Å². The second-order valence-corrected chi connectivity index (χ2v) is 4.92. The number of aldehydes is 1. The van der Waals surface area contributed by atoms with Gasteiger partial charge in [-0.1, -0.05) is 24.3 Å². The van der Waals surface area contributed by atoms with Gasteiger partial charge in [0.2, 0.25) is 11.8 Å². The highest BCUT2D eigenvalue weighted by molar-refractivity contribution is 7.08. The first-order chi connectivity index (χ1) is 9.78. The molecule has 1 atom stereocenters.